The van der Waals surface area contributed by atoms with Gasteiger partial charge in [-0.25, -0.2) is 4.79 Å². The molecule has 1 aliphatic heterocycles. The van der Waals surface area contributed by atoms with Crippen molar-refractivity contribution >= 4 is 17.8 Å². The van der Waals surface area contributed by atoms with E-state index in [-0.39, 0.29) is 24.3 Å². The predicted octanol–water partition coefficient (Wildman–Crippen LogP) is -0.214. The lowest BCUT2D eigenvalue weighted by molar-refractivity contribution is -0.154. The van der Waals surface area contributed by atoms with Crippen molar-refractivity contribution < 1.29 is 19.5 Å². The van der Waals surface area contributed by atoms with E-state index in [1.807, 2.05) is 0 Å². The highest BCUT2D eigenvalue weighted by Crippen LogP contribution is 2.23. The lowest BCUT2D eigenvalue weighted by Gasteiger charge is -2.37. The smallest absolute Gasteiger partial charge is 0.326 e. The number of carbonyl (C=O) groups is 3. The molecule has 0 aromatic heterocycles. The number of nitrogens with zero attached hydrogens (tertiary/aromatic N) is 2. The van der Waals surface area contributed by atoms with Crippen molar-refractivity contribution in [2.24, 2.45) is 5.92 Å². The van der Waals surface area contributed by atoms with E-state index < -0.39 is 12.0 Å². The number of rotatable bonds is 2. The van der Waals surface area contributed by atoms with Gasteiger partial charge in [0.1, 0.15) is 6.04 Å². The molecule has 1 saturated heterocycles. The quantitative estimate of drug-likeness (QED) is 0.726. The first-order chi connectivity index (χ1) is 7.84. The van der Waals surface area contributed by atoms with Gasteiger partial charge in [0.05, 0.1) is 5.92 Å². The van der Waals surface area contributed by atoms with Crippen LogP contribution in [0.5, 0.6) is 0 Å². The molecule has 96 valence electrons. The number of carbonyl (C=O) groups excluding carboxylic acids is 2. The topological polar surface area (TPSA) is 77.9 Å². The fourth-order valence-electron chi connectivity index (χ4n) is 2.14. The van der Waals surface area contributed by atoms with Crippen LogP contribution in [0.1, 0.15) is 19.8 Å². The minimum absolute atomic E-state index is 0.0555. The van der Waals surface area contributed by atoms with Gasteiger partial charge in [-0.2, -0.15) is 0 Å². The number of carboxylic acids is 1. The van der Waals surface area contributed by atoms with Crippen LogP contribution in [-0.4, -0.2) is 59.4 Å². The number of piperidine rings is 1. The number of carboxylic acid groups (broad SMARTS) is 1. The van der Waals surface area contributed by atoms with Crippen molar-refractivity contribution in [2.75, 3.05) is 20.6 Å². The van der Waals surface area contributed by atoms with Gasteiger partial charge >= 0.3 is 5.97 Å². The van der Waals surface area contributed by atoms with Gasteiger partial charge in [-0.15, -0.1) is 0 Å². The molecule has 1 N–H and O–H groups in total. The predicted molar refractivity (Wildman–Crippen MR) is 60.2 cm³/mol. The van der Waals surface area contributed by atoms with E-state index in [2.05, 4.69) is 0 Å². The number of amides is 2. The van der Waals surface area contributed by atoms with Crippen LogP contribution in [0.15, 0.2) is 0 Å². The first kappa shape index (κ1) is 13.5. The average molecular weight is 242 g/mol. The van der Waals surface area contributed by atoms with E-state index in [1.165, 1.54) is 16.7 Å². The summed E-state index contributed by atoms with van der Waals surface area (Å²) in [6.45, 7) is 1.53. The highest BCUT2D eigenvalue weighted by molar-refractivity contribution is 5.85. The summed E-state index contributed by atoms with van der Waals surface area (Å²) < 4.78 is 0. The zero-order valence-electron chi connectivity index (χ0n) is 10.3. The summed E-state index contributed by atoms with van der Waals surface area (Å²) in [5.41, 5.74) is 0. The Morgan fingerprint density at radius 1 is 1.24 bits per heavy atom. The van der Waals surface area contributed by atoms with Gasteiger partial charge in [-0.3, -0.25) is 9.59 Å². The Morgan fingerprint density at radius 2 is 1.82 bits per heavy atom. The van der Waals surface area contributed by atoms with Gasteiger partial charge in [0.2, 0.25) is 11.8 Å². The van der Waals surface area contributed by atoms with Gasteiger partial charge in [-0.05, 0) is 12.8 Å². The van der Waals surface area contributed by atoms with Crippen LogP contribution in [0.25, 0.3) is 0 Å². The summed E-state index contributed by atoms with van der Waals surface area (Å²) in [6, 6.07) is -0.793. The van der Waals surface area contributed by atoms with Crippen molar-refractivity contribution in [3.63, 3.8) is 0 Å². The van der Waals surface area contributed by atoms with E-state index >= 15 is 0 Å². The molecule has 2 atom stereocenters. The maximum absolute atomic E-state index is 11.8. The number of aliphatic carboxylic acids is 1. The molecule has 6 heteroatoms. The van der Waals surface area contributed by atoms with Crippen LogP contribution in [0, 0.1) is 5.92 Å². The van der Waals surface area contributed by atoms with Crippen LogP contribution in [0.3, 0.4) is 0 Å². The first-order valence-corrected chi connectivity index (χ1v) is 5.55. The second kappa shape index (κ2) is 5.16. The Bertz CT molecular complexity index is 340. The molecule has 1 fully saturated rings. The molecule has 1 heterocycles. The largest absolute Gasteiger partial charge is 0.480 e. The van der Waals surface area contributed by atoms with Crippen LogP contribution in [-0.2, 0) is 14.4 Å². The maximum atomic E-state index is 11.8. The van der Waals surface area contributed by atoms with Crippen molar-refractivity contribution in [3.05, 3.63) is 0 Å². The highest BCUT2D eigenvalue weighted by Gasteiger charge is 2.37. The molecule has 0 saturated carbocycles. The van der Waals surface area contributed by atoms with E-state index in [4.69, 9.17) is 5.11 Å². The summed E-state index contributed by atoms with van der Waals surface area (Å²) in [7, 11) is 3.31. The molecule has 2 unspecified atom stereocenters. The Kier molecular flexibility index (Phi) is 4.09. The van der Waals surface area contributed by atoms with E-state index in [0.717, 1.165) is 0 Å². The Hall–Kier alpha value is -1.59. The van der Waals surface area contributed by atoms with Crippen molar-refractivity contribution in [1.82, 2.24) is 9.80 Å². The third-order valence-electron chi connectivity index (χ3n) is 3.06. The molecule has 0 aromatic rings. The van der Waals surface area contributed by atoms with Crippen molar-refractivity contribution in [3.8, 4) is 0 Å². The number of hydrogen-bond acceptors (Lipinski definition) is 3. The minimum atomic E-state index is -1.00. The fourth-order valence-corrected chi connectivity index (χ4v) is 2.14. The number of hydrogen-bond donors (Lipinski definition) is 1. The normalized spacial score (nSPS) is 24.3. The molecule has 0 radical (unpaired) electrons. The summed E-state index contributed by atoms with van der Waals surface area (Å²) in [6.07, 6.45) is 0.844. The summed E-state index contributed by atoms with van der Waals surface area (Å²) in [4.78, 5) is 36.9. The zero-order valence-corrected chi connectivity index (χ0v) is 10.3. The second-order valence-corrected chi connectivity index (χ2v) is 4.53. The monoisotopic (exact) mass is 242 g/mol. The summed E-state index contributed by atoms with van der Waals surface area (Å²) >= 11 is 0. The second-order valence-electron chi connectivity index (χ2n) is 4.53. The SMILES string of the molecule is CC(=O)N1CC(C(=O)N(C)C)CCC1C(=O)O. The van der Waals surface area contributed by atoms with Gasteiger partial charge in [0, 0.05) is 27.6 Å². The van der Waals surface area contributed by atoms with E-state index in [0.29, 0.717) is 12.8 Å². The Balaban J connectivity index is 2.79. The molecule has 1 rings (SSSR count). The molecule has 6 nitrogen and oxygen atoms in total. The zero-order chi connectivity index (χ0) is 13.2. The highest BCUT2D eigenvalue weighted by atomic mass is 16.4. The molecule has 0 bridgehead atoms. The number of likely N-dealkylation sites (tertiary alicyclic amines) is 1. The standard InChI is InChI=1S/C11H18N2O4/c1-7(14)13-6-8(10(15)12(2)3)4-5-9(13)11(16)17/h8-9H,4-6H2,1-3H3,(H,16,17). The summed E-state index contributed by atoms with van der Waals surface area (Å²) in [5, 5.41) is 9.00. The fraction of sp³-hybridized carbons (Fsp3) is 0.727. The first-order valence-electron chi connectivity index (χ1n) is 5.55. The summed E-state index contributed by atoms with van der Waals surface area (Å²) in [5.74, 6) is -1.64. The molecule has 1 aliphatic rings. The van der Waals surface area contributed by atoms with Crippen LogP contribution < -0.4 is 0 Å². The molecule has 0 spiro atoms. The van der Waals surface area contributed by atoms with Gasteiger partial charge < -0.3 is 14.9 Å². The average Bonchev–Trinajstić information content (AvgIpc) is 2.26. The minimum Gasteiger partial charge on any atom is -0.480 e. The lowest BCUT2D eigenvalue weighted by Crippen LogP contribution is -2.52. The van der Waals surface area contributed by atoms with Crippen LogP contribution in [0.4, 0.5) is 0 Å². The maximum Gasteiger partial charge on any atom is 0.326 e. The third-order valence-corrected chi connectivity index (χ3v) is 3.06. The Labute approximate surface area is 100 Å². The Morgan fingerprint density at radius 3 is 2.24 bits per heavy atom. The van der Waals surface area contributed by atoms with Crippen LogP contribution in [0.2, 0.25) is 0 Å². The van der Waals surface area contributed by atoms with Gasteiger partial charge in [0.25, 0.3) is 0 Å². The van der Waals surface area contributed by atoms with Gasteiger partial charge in [-0.1, -0.05) is 0 Å². The molecule has 17 heavy (non-hydrogen) atoms. The molecule has 0 aliphatic carbocycles. The van der Waals surface area contributed by atoms with Gasteiger partial charge in [0.15, 0.2) is 0 Å². The van der Waals surface area contributed by atoms with E-state index in [1.54, 1.807) is 14.1 Å². The molecule has 2 amide bonds. The van der Waals surface area contributed by atoms with Crippen LogP contribution >= 0.6 is 0 Å². The van der Waals surface area contributed by atoms with E-state index in [9.17, 15) is 14.4 Å². The lowest BCUT2D eigenvalue weighted by atomic mass is 9.91. The molecule has 0 aromatic carbocycles. The molecular weight excluding hydrogens is 224 g/mol. The third kappa shape index (κ3) is 2.95. The van der Waals surface area contributed by atoms with Crippen molar-refractivity contribution in [1.29, 1.82) is 0 Å². The molecular formula is C11H18N2O4. The van der Waals surface area contributed by atoms with Crippen molar-refractivity contribution in [2.45, 2.75) is 25.8 Å².